The third-order valence-electron chi connectivity index (χ3n) is 10.4. The summed E-state index contributed by atoms with van der Waals surface area (Å²) in [6.45, 7) is 4.19. The van der Waals surface area contributed by atoms with E-state index in [0.29, 0.717) is 22.3 Å². The summed E-state index contributed by atoms with van der Waals surface area (Å²) in [7, 11) is 2.36. The van der Waals surface area contributed by atoms with E-state index in [-0.39, 0.29) is 11.6 Å². The molecule has 0 aromatic heterocycles. The lowest BCUT2D eigenvalue weighted by atomic mass is 10.0. The molecule has 0 radical (unpaired) electrons. The van der Waals surface area contributed by atoms with Gasteiger partial charge in [0.25, 0.3) is 0 Å². The van der Waals surface area contributed by atoms with Gasteiger partial charge in [-0.3, -0.25) is 9.59 Å². The Balaban J connectivity index is 1.23. The van der Waals surface area contributed by atoms with Gasteiger partial charge >= 0.3 is 0 Å². The predicted octanol–water partition coefficient (Wildman–Crippen LogP) is 12.6. The van der Waals surface area contributed by atoms with Crippen LogP contribution in [0.15, 0.2) is 223 Å². The largest absolute Gasteiger partial charge is 0.496 e. The molecule has 8 aromatic rings. The summed E-state index contributed by atoms with van der Waals surface area (Å²) in [5.41, 5.74) is 6.81. The first-order chi connectivity index (χ1) is 29.3. The number of hydrogen-bond acceptors (Lipinski definition) is 4. The lowest BCUT2D eigenvalue weighted by Gasteiger charge is -2.16. The van der Waals surface area contributed by atoms with Crippen molar-refractivity contribution >= 4 is 33.4 Å². The highest BCUT2D eigenvalue weighted by atomic mass is 32.2. The molecule has 8 rings (SSSR count). The fourth-order valence-electron chi connectivity index (χ4n) is 7.21. The minimum Gasteiger partial charge on any atom is -0.496 e. The molecule has 0 fully saturated rings. The molecule has 0 aliphatic carbocycles. The van der Waals surface area contributed by atoms with Gasteiger partial charge in [0.1, 0.15) is 11.5 Å². The molecule has 60 heavy (non-hydrogen) atoms. The zero-order chi connectivity index (χ0) is 41.6. The van der Waals surface area contributed by atoms with E-state index in [0.717, 1.165) is 52.0 Å². The predicted molar refractivity (Wildman–Crippen MR) is 244 cm³/mol. The minimum absolute atomic E-state index is 0.00246. The first kappa shape index (κ1) is 40.2. The second-order valence-corrected chi connectivity index (χ2v) is 18.5. The third kappa shape index (κ3) is 8.57. The third-order valence-corrected chi connectivity index (χ3v) is 14.8. The van der Waals surface area contributed by atoms with Crippen molar-refractivity contribution in [3.63, 3.8) is 0 Å². The van der Waals surface area contributed by atoms with Gasteiger partial charge in [-0.15, -0.1) is 0 Å². The van der Waals surface area contributed by atoms with E-state index in [2.05, 4.69) is 111 Å². The summed E-state index contributed by atoms with van der Waals surface area (Å²) < 4.78 is 12.2. The molecule has 8 aromatic carbocycles. The number of methoxy groups -OCH3 is 2. The van der Waals surface area contributed by atoms with Crippen LogP contribution in [0.2, 0.25) is 0 Å². The lowest BCUT2D eigenvalue weighted by Crippen LogP contribution is -2.08. The topological polar surface area (TPSA) is 52.6 Å². The monoisotopic (exact) mass is 820 g/mol. The summed E-state index contributed by atoms with van der Waals surface area (Å²) in [6.07, 6.45) is 0. The molecule has 0 bridgehead atoms. The average molecular weight is 821 g/mol. The van der Waals surface area contributed by atoms with Gasteiger partial charge in [-0.25, -0.2) is 0 Å². The molecule has 0 aliphatic rings. The Morgan fingerprint density at radius 1 is 0.350 bits per heavy atom. The van der Waals surface area contributed by atoms with Crippen LogP contribution in [0.1, 0.15) is 43.0 Å². The highest BCUT2D eigenvalue weighted by Crippen LogP contribution is 2.43. The standard InChI is InChI=1S/C54H44O4S2/c1-37-15-23-43(24-16-37)59(45-27-19-41(20-28-45)53(55)39-11-7-5-8-12-39)47-31-33-51(57-3)49(35-47)50-36-48(32-34-52(50)58-4)60(44-25-17-38(2)18-26-44)46-29-21-42(22-30-46)54(56)40-13-9-6-10-14-40/h5-36H,1-4H3/q+2. The number of rotatable bonds is 13. The van der Waals surface area contributed by atoms with Gasteiger partial charge in [0.2, 0.25) is 0 Å². The number of ketones is 2. The minimum atomic E-state index is -0.521. The van der Waals surface area contributed by atoms with E-state index < -0.39 is 21.8 Å². The van der Waals surface area contributed by atoms with E-state index in [1.54, 1.807) is 14.2 Å². The van der Waals surface area contributed by atoms with E-state index in [4.69, 9.17) is 9.47 Å². The van der Waals surface area contributed by atoms with Gasteiger partial charge in [-0.05, 0) is 111 Å². The van der Waals surface area contributed by atoms with Crippen molar-refractivity contribution in [2.24, 2.45) is 0 Å². The fraction of sp³-hybridized carbons (Fsp3) is 0.0741. The maximum Gasteiger partial charge on any atom is 0.193 e. The second-order valence-electron chi connectivity index (χ2n) is 14.4. The summed E-state index contributed by atoms with van der Waals surface area (Å²) in [6, 6.07) is 65.0. The molecule has 0 amide bonds. The molecule has 0 spiro atoms. The Bertz CT molecular complexity index is 2550. The first-order valence-corrected chi connectivity index (χ1v) is 22.1. The summed E-state index contributed by atoms with van der Waals surface area (Å²) >= 11 is 0. The quantitative estimate of drug-likeness (QED) is 0.0859. The van der Waals surface area contributed by atoms with E-state index >= 15 is 0 Å². The number of benzene rings is 8. The van der Waals surface area contributed by atoms with Crippen LogP contribution in [0.3, 0.4) is 0 Å². The number of carbonyl (C=O) groups excluding carboxylic acids is 2. The van der Waals surface area contributed by atoms with Crippen molar-refractivity contribution in [1.29, 1.82) is 0 Å². The highest BCUT2D eigenvalue weighted by Gasteiger charge is 2.33. The van der Waals surface area contributed by atoms with Crippen molar-refractivity contribution < 1.29 is 19.1 Å². The number of hydrogen-bond donors (Lipinski definition) is 0. The van der Waals surface area contributed by atoms with Crippen LogP contribution in [0.25, 0.3) is 11.1 Å². The molecule has 0 saturated carbocycles. The Labute approximate surface area is 358 Å². The highest BCUT2D eigenvalue weighted by molar-refractivity contribution is 7.97. The number of ether oxygens (including phenoxy) is 2. The zero-order valence-electron chi connectivity index (χ0n) is 33.9. The SMILES string of the molecule is COc1ccc([S+](c2ccc(C)cc2)c2ccc(C(=O)c3ccccc3)cc2)cc1-c1cc([S+](c2ccc(C)cc2)c2ccc(C(=O)c3ccccc3)cc2)ccc1OC. The van der Waals surface area contributed by atoms with Gasteiger partial charge in [0.15, 0.2) is 40.9 Å². The maximum absolute atomic E-state index is 13.4. The Morgan fingerprint density at radius 3 is 0.950 bits per heavy atom. The maximum atomic E-state index is 13.4. The molecule has 0 aliphatic heterocycles. The van der Waals surface area contributed by atoms with Crippen molar-refractivity contribution in [1.82, 2.24) is 0 Å². The summed E-state index contributed by atoms with van der Waals surface area (Å²) in [5.74, 6) is 1.45. The number of aryl methyl sites for hydroxylation is 2. The Kier molecular flexibility index (Phi) is 12.1. The van der Waals surface area contributed by atoms with Gasteiger partial charge in [0, 0.05) is 45.5 Å². The zero-order valence-corrected chi connectivity index (χ0v) is 35.6. The van der Waals surface area contributed by atoms with E-state index in [9.17, 15) is 9.59 Å². The van der Waals surface area contributed by atoms with E-state index in [1.165, 1.54) is 11.1 Å². The Hall–Kier alpha value is -6.60. The number of carbonyl (C=O) groups is 2. The van der Waals surface area contributed by atoms with Crippen molar-refractivity contribution in [3.05, 3.63) is 228 Å². The van der Waals surface area contributed by atoms with Gasteiger partial charge < -0.3 is 9.47 Å². The van der Waals surface area contributed by atoms with Crippen LogP contribution in [0.5, 0.6) is 11.5 Å². The van der Waals surface area contributed by atoms with E-state index in [1.807, 2.05) is 97.1 Å². The van der Waals surface area contributed by atoms with Crippen LogP contribution in [0.4, 0.5) is 0 Å². The molecule has 2 atom stereocenters. The van der Waals surface area contributed by atoms with Crippen LogP contribution < -0.4 is 9.47 Å². The molecule has 6 heteroatoms. The molecular weight excluding hydrogens is 777 g/mol. The van der Waals surface area contributed by atoms with Crippen molar-refractivity contribution in [2.75, 3.05) is 14.2 Å². The van der Waals surface area contributed by atoms with Gasteiger partial charge in [-0.1, -0.05) is 96.1 Å². The normalized spacial score (nSPS) is 12.0. The molecule has 2 unspecified atom stereocenters. The second kappa shape index (κ2) is 18.1. The molecule has 4 nitrogen and oxygen atoms in total. The lowest BCUT2D eigenvalue weighted by molar-refractivity contribution is 0.103. The average Bonchev–Trinajstić information content (AvgIpc) is 3.31. The van der Waals surface area contributed by atoms with Crippen LogP contribution in [-0.4, -0.2) is 25.8 Å². The molecular formula is C54H44O4S2+2. The van der Waals surface area contributed by atoms with Crippen LogP contribution in [-0.2, 0) is 21.8 Å². The van der Waals surface area contributed by atoms with Crippen molar-refractivity contribution in [2.45, 2.75) is 43.2 Å². The first-order valence-electron chi connectivity index (χ1n) is 19.7. The fourth-order valence-corrected chi connectivity index (χ4v) is 11.4. The smallest absolute Gasteiger partial charge is 0.193 e. The molecule has 0 N–H and O–H groups in total. The van der Waals surface area contributed by atoms with Gasteiger partial charge in [-0.2, -0.15) is 0 Å². The van der Waals surface area contributed by atoms with Crippen LogP contribution >= 0.6 is 0 Å². The van der Waals surface area contributed by atoms with Crippen molar-refractivity contribution in [3.8, 4) is 22.6 Å². The molecule has 0 heterocycles. The molecule has 294 valence electrons. The Morgan fingerprint density at radius 2 is 0.633 bits per heavy atom. The summed E-state index contributed by atoms with van der Waals surface area (Å²) in [4.78, 5) is 33.4. The van der Waals surface area contributed by atoms with Gasteiger partial charge in [0.05, 0.1) is 36.0 Å². The molecule has 0 saturated heterocycles. The summed E-state index contributed by atoms with van der Waals surface area (Å²) in [5, 5.41) is 0. The van der Waals surface area contributed by atoms with Crippen LogP contribution in [0, 0.1) is 13.8 Å².